The minimum absolute atomic E-state index is 0.0420. The standard InChI is InChI=1S/C23H25N3O4S/c1-17-13-22(26(25-17)20-11-12-31(28,29)16-20)24-23(27)15-30-21-10-6-5-9-19(21)14-18-7-3-2-4-8-18/h2-10,13,20H,11-12,14-16H2,1H3,(H,24,27). The van der Waals surface area contributed by atoms with E-state index in [9.17, 15) is 13.2 Å². The maximum Gasteiger partial charge on any atom is 0.263 e. The molecule has 0 aliphatic carbocycles. The summed E-state index contributed by atoms with van der Waals surface area (Å²) < 4.78 is 31.1. The van der Waals surface area contributed by atoms with Crippen LogP contribution >= 0.6 is 0 Å². The van der Waals surface area contributed by atoms with Crippen LogP contribution in [-0.4, -0.2) is 42.2 Å². The molecule has 1 aliphatic heterocycles. The Morgan fingerprint density at radius 3 is 2.65 bits per heavy atom. The van der Waals surface area contributed by atoms with Gasteiger partial charge in [-0.2, -0.15) is 5.10 Å². The lowest BCUT2D eigenvalue weighted by molar-refractivity contribution is -0.118. The molecule has 1 aliphatic rings. The van der Waals surface area contributed by atoms with Crippen molar-refractivity contribution >= 4 is 21.6 Å². The molecule has 0 bridgehead atoms. The summed E-state index contributed by atoms with van der Waals surface area (Å²) in [4.78, 5) is 12.6. The van der Waals surface area contributed by atoms with Crippen LogP contribution in [0.4, 0.5) is 5.82 Å². The SMILES string of the molecule is Cc1cc(NC(=O)COc2ccccc2Cc2ccccc2)n(C2CCS(=O)(=O)C2)n1. The number of aromatic nitrogens is 2. The molecule has 3 aromatic rings. The summed E-state index contributed by atoms with van der Waals surface area (Å²) in [6.45, 7) is 1.66. The smallest absolute Gasteiger partial charge is 0.263 e. The summed E-state index contributed by atoms with van der Waals surface area (Å²) in [5.41, 5.74) is 2.88. The maximum absolute atomic E-state index is 12.6. The van der Waals surface area contributed by atoms with Crippen molar-refractivity contribution in [2.24, 2.45) is 0 Å². The Labute approximate surface area is 182 Å². The normalized spacial score (nSPS) is 17.4. The predicted octanol–water partition coefficient (Wildman–Crippen LogP) is 3.16. The van der Waals surface area contributed by atoms with Gasteiger partial charge in [0, 0.05) is 12.5 Å². The van der Waals surface area contributed by atoms with Crippen LogP contribution in [0, 0.1) is 6.92 Å². The van der Waals surface area contributed by atoms with Gasteiger partial charge in [-0.05, 0) is 30.5 Å². The monoisotopic (exact) mass is 439 g/mol. The summed E-state index contributed by atoms with van der Waals surface area (Å²) in [5.74, 6) is 1.02. The molecule has 1 N–H and O–H groups in total. The number of aryl methyl sites for hydroxylation is 1. The van der Waals surface area contributed by atoms with Crippen molar-refractivity contribution in [3.63, 3.8) is 0 Å². The zero-order valence-electron chi connectivity index (χ0n) is 17.3. The molecule has 162 valence electrons. The van der Waals surface area contributed by atoms with Crippen molar-refractivity contribution in [2.45, 2.75) is 25.8 Å². The van der Waals surface area contributed by atoms with Crippen molar-refractivity contribution in [1.29, 1.82) is 0 Å². The van der Waals surface area contributed by atoms with E-state index in [1.807, 2.05) is 49.4 Å². The van der Waals surface area contributed by atoms with Crippen LogP contribution in [0.2, 0.25) is 0 Å². The number of sulfone groups is 1. The number of anilines is 1. The van der Waals surface area contributed by atoms with Crippen molar-refractivity contribution in [3.8, 4) is 5.75 Å². The van der Waals surface area contributed by atoms with Crippen LogP contribution in [0.15, 0.2) is 60.7 Å². The molecule has 4 rings (SSSR count). The highest BCUT2D eigenvalue weighted by Gasteiger charge is 2.31. The highest BCUT2D eigenvalue weighted by Crippen LogP contribution is 2.27. The minimum atomic E-state index is -3.05. The van der Waals surface area contributed by atoms with Crippen LogP contribution in [0.25, 0.3) is 0 Å². The van der Waals surface area contributed by atoms with Gasteiger partial charge in [-0.1, -0.05) is 48.5 Å². The van der Waals surface area contributed by atoms with Crippen molar-refractivity contribution in [3.05, 3.63) is 77.5 Å². The van der Waals surface area contributed by atoms with Gasteiger partial charge in [0.05, 0.1) is 23.2 Å². The third kappa shape index (κ3) is 5.32. The average molecular weight is 440 g/mol. The molecule has 1 fully saturated rings. The molecule has 0 saturated carbocycles. The number of benzene rings is 2. The molecular weight excluding hydrogens is 414 g/mol. The molecule has 1 atom stereocenters. The first-order chi connectivity index (χ1) is 14.9. The van der Waals surface area contributed by atoms with Crippen LogP contribution < -0.4 is 10.1 Å². The largest absolute Gasteiger partial charge is 0.483 e. The Morgan fingerprint density at radius 2 is 1.90 bits per heavy atom. The molecule has 0 radical (unpaired) electrons. The lowest BCUT2D eigenvalue weighted by Gasteiger charge is -2.15. The van der Waals surface area contributed by atoms with Gasteiger partial charge < -0.3 is 10.1 Å². The fourth-order valence-electron chi connectivity index (χ4n) is 3.79. The number of carbonyl (C=O) groups is 1. The number of nitrogens with one attached hydrogen (secondary N) is 1. The van der Waals surface area contributed by atoms with Crippen molar-refractivity contribution in [2.75, 3.05) is 23.4 Å². The van der Waals surface area contributed by atoms with Crippen molar-refractivity contribution < 1.29 is 17.9 Å². The molecule has 1 amide bonds. The first-order valence-corrected chi connectivity index (χ1v) is 12.0. The molecule has 1 saturated heterocycles. The van der Waals surface area contributed by atoms with E-state index in [2.05, 4.69) is 22.5 Å². The number of hydrogen-bond acceptors (Lipinski definition) is 5. The number of amides is 1. The van der Waals surface area contributed by atoms with Gasteiger partial charge in [0.2, 0.25) is 0 Å². The average Bonchev–Trinajstić information content (AvgIpc) is 3.29. The van der Waals surface area contributed by atoms with E-state index < -0.39 is 9.84 Å². The van der Waals surface area contributed by atoms with Gasteiger partial charge in [0.1, 0.15) is 11.6 Å². The Morgan fingerprint density at radius 1 is 1.16 bits per heavy atom. The first kappa shape index (κ1) is 21.1. The zero-order chi connectivity index (χ0) is 21.8. The predicted molar refractivity (Wildman–Crippen MR) is 119 cm³/mol. The second-order valence-electron chi connectivity index (χ2n) is 7.78. The quantitative estimate of drug-likeness (QED) is 0.611. The Bertz CT molecular complexity index is 1170. The van der Waals surface area contributed by atoms with Gasteiger partial charge in [0.25, 0.3) is 5.91 Å². The summed E-state index contributed by atoms with van der Waals surface area (Å²) in [5, 5.41) is 7.20. The zero-order valence-corrected chi connectivity index (χ0v) is 18.1. The number of nitrogens with zero attached hydrogens (tertiary/aromatic N) is 2. The van der Waals surface area contributed by atoms with E-state index in [4.69, 9.17) is 4.74 Å². The second kappa shape index (κ2) is 8.93. The van der Waals surface area contributed by atoms with Gasteiger partial charge >= 0.3 is 0 Å². The third-order valence-corrected chi connectivity index (χ3v) is 7.00. The van der Waals surface area contributed by atoms with Crippen LogP contribution in [-0.2, 0) is 21.1 Å². The molecule has 8 heteroatoms. The molecule has 1 aromatic heterocycles. The molecular formula is C23H25N3O4S. The van der Waals surface area contributed by atoms with E-state index in [1.165, 1.54) is 0 Å². The van der Waals surface area contributed by atoms with E-state index in [1.54, 1.807) is 10.7 Å². The number of para-hydroxylation sites is 1. The highest BCUT2D eigenvalue weighted by molar-refractivity contribution is 7.91. The molecule has 31 heavy (non-hydrogen) atoms. The van der Waals surface area contributed by atoms with Gasteiger partial charge in [-0.15, -0.1) is 0 Å². The number of rotatable bonds is 7. The second-order valence-corrected chi connectivity index (χ2v) is 10.0. The highest BCUT2D eigenvalue weighted by atomic mass is 32.2. The van der Waals surface area contributed by atoms with Crippen LogP contribution in [0.5, 0.6) is 5.75 Å². The van der Waals surface area contributed by atoms with E-state index >= 15 is 0 Å². The minimum Gasteiger partial charge on any atom is -0.483 e. The first-order valence-electron chi connectivity index (χ1n) is 10.2. The lowest BCUT2D eigenvalue weighted by Crippen LogP contribution is -2.24. The number of hydrogen-bond donors (Lipinski definition) is 1. The molecule has 2 heterocycles. The van der Waals surface area contributed by atoms with Crippen LogP contribution in [0.3, 0.4) is 0 Å². The van der Waals surface area contributed by atoms with Gasteiger partial charge in [0.15, 0.2) is 16.4 Å². The number of carbonyl (C=O) groups excluding carboxylic acids is 1. The van der Waals surface area contributed by atoms with E-state index in [0.717, 1.165) is 11.1 Å². The van der Waals surface area contributed by atoms with E-state index in [-0.39, 0.29) is 30.1 Å². The fourth-order valence-corrected chi connectivity index (χ4v) is 5.48. The van der Waals surface area contributed by atoms with Crippen molar-refractivity contribution in [1.82, 2.24) is 9.78 Å². The summed E-state index contributed by atoms with van der Waals surface area (Å²) in [6, 6.07) is 19.2. The van der Waals surface area contributed by atoms with Gasteiger partial charge in [-0.3, -0.25) is 4.79 Å². The Kier molecular flexibility index (Phi) is 6.08. The van der Waals surface area contributed by atoms with E-state index in [0.29, 0.717) is 30.1 Å². The fraction of sp³-hybridized carbons (Fsp3) is 0.304. The Hall–Kier alpha value is -3.13. The molecule has 1 unspecified atom stereocenters. The lowest BCUT2D eigenvalue weighted by atomic mass is 10.0. The molecule has 0 spiro atoms. The molecule has 7 nitrogen and oxygen atoms in total. The summed E-state index contributed by atoms with van der Waals surface area (Å²) in [6.07, 6.45) is 1.20. The summed E-state index contributed by atoms with van der Waals surface area (Å²) in [7, 11) is -3.05. The summed E-state index contributed by atoms with van der Waals surface area (Å²) >= 11 is 0. The van der Waals surface area contributed by atoms with Gasteiger partial charge in [-0.25, -0.2) is 13.1 Å². The third-order valence-electron chi connectivity index (χ3n) is 5.25. The maximum atomic E-state index is 12.6. The van der Waals surface area contributed by atoms with Crippen LogP contribution in [0.1, 0.15) is 29.3 Å². The number of ether oxygens (including phenoxy) is 1. The Balaban J connectivity index is 1.41. The topological polar surface area (TPSA) is 90.3 Å². The molecule has 2 aromatic carbocycles.